The average Bonchev–Trinajstić information content (AvgIpc) is 2.94. The molecule has 0 aliphatic carbocycles. The van der Waals surface area contributed by atoms with Crippen molar-refractivity contribution in [3.8, 4) is 11.8 Å². The molecular weight excluding hydrogens is 346 g/mol. The Balaban J connectivity index is 2.05. The van der Waals surface area contributed by atoms with Gasteiger partial charge in [-0.2, -0.15) is 5.26 Å². The van der Waals surface area contributed by atoms with Gasteiger partial charge in [-0.05, 0) is 19.1 Å². The van der Waals surface area contributed by atoms with Crippen LogP contribution in [0.15, 0.2) is 28.7 Å². The van der Waals surface area contributed by atoms with Crippen molar-refractivity contribution in [2.45, 2.75) is 6.92 Å². The number of hydrogen-bond donors (Lipinski definition) is 1. The maximum Gasteiger partial charge on any atom is 0.342 e. The van der Waals surface area contributed by atoms with Gasteiger partial charge in [0.25, 0.3) is 11.6 Å². The number of nitrogens with zero attached hydrogens (tertiary/aromatic N) is 2. The van der Waals surface area contributed by atoms with Gasteiger partial charge in [0.1, 0.15) is 28.7 Å². The Morgan fingerprint density at radius 2 is 2.00 bits per heavy atom. The minimum Gasteiger partial charge on any atom is -0.484 e. The Morgan fingerprint density at radius 3 is 2.54 bits per heavy atom. The van der Waals surface area contributed by atoms with Crippen molar-refractivity contribution in [3.63, 3.8) is 0 Å². The second kappa shape index (κ2) is 7.80. The molecule has 1 N–H and O–H groups in total. The van der Waals surface area contributed by atoms with Crippen LogP contribution in [0.25, 0.3) is 0 Å². The summed E-state index contributed by atoms with van der Waals surface area (Å²) < 4.78 is 15.0. The number of carbonyl (C=O) groups is 2. The maximum atomic E-state index is 12.0. The van der Waals surface area contributed by atoms with Crippen molar-refractivity contribution in [1.29, 1.82) is 5.26 Å². The molecule has 0 saturated carbocycles. The quantitative estimate of drug-likeness (QED) is 0.469. The number of carbonyl (C=O) groups excluding carboxylic acids is 2. The minimum atomic E-state index is -0.759. The number of amides is 1. The van der Waals surface area contributed by atoms with Gasteiger partial charge in [0.05, 0.1) is 12.0 Å². The third kappa shape index (κ3) is 3.96. The van der Waals surface area contributed by atoms with E-state index >= 15 is 0 Å². The fourth-order valence-corrected chi connectivity index (χ4v) is 2.06. The summed E-state index contributed by atoms with van der Waals surface area (Å²) in [5.74, 6) is -1.23. The lowest BCUT2D eigenvalue weighted by molar-refractivity contribution is -0.384. The van der Waals surface area contributed by atoms with E-state index in [0.717, 1.165) is 7.11 Å². The number of non-ortho nitro benzene ring substituents is 1. The smallest absolute Gasteiger partial charge is 0.342 e. The third-order valence-electron chi connectivity index (χ3n) is 3.26. The molecule has 0 radical (unpaired) electrons. The highest BCUT2D eigenvalue weighted by atomic mass is 16.6. The van der Waals surface area contributed by atoms with E-state index in [0.29, 0.717) is 0 Å². The highest BCUT2D eigenvalue weighted by Crippen LogP contribution is 2.27. The van der Waals surface area contributed by atoms with Crippen LogP contribution < -0.4 is 10.1 Å². The van der Waals surface area contributed by atoms with Crippen LogP contribution >= 0.6 is 0 Å². The molecule has 1 amide bonds. The Labute approximate surface area is 147 Å². The van der Waals surface area contributed by atoms with Gasteiger partial charge in [-0.15, -0.1) is 0 Å². The van der Waals surface area contributed by atoms with Crippen molar-refractivity contribution >= 4 is 23.4 Å². The van der Waals surface area contributed by atoms with E-state index < -0.39 is 23.4 Å². The largest absolute Gasteiger partial charge is 0.484 e. The zero-order chi connectivity index (χ0) is 19.3. The van der Waals surface area contributed by atoms with Crippen molar-refractivity contribution in [2.24, 2.45) is 0 Å². The number of nitro benzene ring substituents is 1. The summed E-state index contributed by atoms with van der Waals surface area (Å²) in [4.78, 5) is 33.7. The van der Waals surface area contributed by atoms with Crippen LogP contribution in [0.1, 0.15) is 21.7 Å². The van der Waals surface area contributed by atoms with E-state index in [1.54, 1.807) is 6.07 Å². The number of nitrogens with one attached hydrogen (secondary N) is 1. The molecule has 10 nitrogen and oxygen atoms in total. The third-order valence-corrected chi connectivity index (χ3v) is 3.26. The molecule has 1 aromatic heterocycles. The average molecular weight is 359 g/mol. The van der Waals surface area contributed by atoms with Gasteiger partial charge in [-0.3, -0.25) is 20.2 Å². The van der Waals surface area contributed by atoms with E-state index in [2.05, 4.69) is 10.1 Å². The van der Waals surface area contributed by atoms with Gasteiger partial charge < -0.3 is 13.9 Å². The lowest BCUT2D eigenvalue weighted by atomic mass is 10.1. The highest BCUT2D eigenvalue weighted by Gasteiger charge is 2.25. The first-order valence-electron chi connectivity index (χ1n) is 7.16. The SMILES string of the molecule is COC(=O)c1c(C)oc(NC(=O)COc2ccc([N+](=O)[O-])cc2)c1C#N. The Bertz CT molecular complexity index is 894. The number of benzene rings is 1. The normalized spacial score (nSPS) is 9.88. The van der Waals surface area contributed by atoms with Gasteiger partial charge in [-0.25, -0.2) is 4.79 Å². The lowest BCUT2D eigenvalue weighted by Crippen LogP contribution is -2.20. The van der Waals surface area contributed by atoms with Crippen LogP contribution in [0.5, 0.6) is 5.75 Å². The van der Waals surface area contributed by atoms with E-state index in [4.69, 9.17) is 9.15 Å². The van der Waals surface area contributed by atoms with Crippen LogP contribution in [0.3, 0.4) is 0 Å². The first-order valence-corrected chi connectivity index (χ1v) is 7.16. The Morgan fingerprint density at radius 1 is 1.35 bits per heavy atom. The number of anilines is 1. The van der Waals surface area contributed by atoms with E-state index in [1.807, 2.05) is 0 Å². The monoisotopic (exact) mass is 359 g/mol. The number of aryl methyl sites for hydroxylation is 1. The molecule has 0 saturated heterocycles. The van der Waals surface area contributed by atoms with Gasteiger partial charge in [-0.1, -0.05) is 0 Å². The molecule has 1 aromatic carbocycles. The summed E-state index contributed by atoms with van der Waals surface area (Å²) in [5, 5.41) is 22.1. The highest BCUT2D eigenvalue weighted by molar-refractivity contribution is 5.98. The summed E-state index contributed by atoms with van der Waals surface area (Å²) in [5.41, 5.74) is -0.332. The number of rotatable bonds is 6. The fourth-order valence-electron chi connectivity index (χ4n) is 2.06. The molecule has 0 aliphatic heterocycles. The second-order valence-corrected chi connectivity index (χ2v) is 4.93. The first kappa shape index (κ1) is 18.5. The van der Waals surface area contributed by atoms with Crippen LogP contribution in [-0.2, 0) is 9.53 Å². The van der Waals surface area contributed by atoms with Crippen LogP contribution in [0.4, 0.5) is 11.6 Å². The maximum absolute atomic E-state index is 12.0. The number of nitro groups is 1. The molecule has 10 heteroatoms. The molecule has 134 valence electrons. The predicted octanol–water partition coefficient (Wildman–Crippen LogP) is 2.17. The number of methoxy groups -OCH3 is 1. The number of furan rings is 1. The topological polar surface area (TPSA) is 145 Å². The van der Waals surface area contributed by atoms with Gasteiger partial charge >= 0.3 is 5.97 Å². The molecule has 0 aliphatic rings. The van der Waals surface area contributed by atoms with Gasteiger partial charge in [0, 0.05) is 12.1 Å². The van der Waals surface area contributed by atoms with Crippen molar-refractivity contribution in [1.82, 2.24) is 0 Å². The number of esters is 1. The van der Waals surface area contributed by atoms with E-state index in [-0.39, 0.29) is 34.2 Å². The van der Waals surface area contributed by atoms with Crippen LogP contribution in [0, 0.1) is 28.4 Å². The molecule has 2 rings (SSSR count). The Kier molecular flexibility index (Phi) is 5.54. The summed E-state index contributed by atoms with van der Waals surface area (Å²) in [6, 6.07) is 6.95. The number of nitriles is 1. The number of ether oxygens (including phenoxy) is 2. The minimum absolute atomic E-state index is 0.0680. The van der Waals surface area contributed by atoms with Gasteiger partial charge in [0.2, 0.25) is 5.88 Å². The molecule has 0 atom stereocenters. The molecule has 0 unspecified atom stereocenters. The zero-order valence-corrected chi connectivity index (χ0v) is 13.8. The molecule has 0 fully saturated rings. The fraction of sp³-hybridized carbons (Fsp3) is 0.188. The van der Waals surface area contributed by atoms with E-state index in [1.165, 1.54) is 31.2 Å². The molecule has 0 spiro atoms. The molecular formula is C16H13N3O7. The van der Waals surface area contributed by atoms with Crippen molar-refractivity contribution in [3.05, 3.63) is 51.3 Å². The molecule has 2 aromatic rings. The van der Waals surface area contributed by atoms with Crippen LogP contribution in [-0.4, -0.2) is 30.5 Å². The summed E-state index contributed by atoms with van der Waals surface area (Å²) in [6.07, 6.45) is 0. The van der Waals surface area contributed by atoms with Crippen LogP contribution in [0.2, 0.25) is 0 Å². The van der Waals surface area contributed by atoms with Crippen molar-refractivity contribution < 1.29 is 28.4 Å². The zero-order valence-electron chi connectivity index (χ0n) is 13.8. The second-order valence-electron chi connectivity index (χ2n) is 4.93. The van der Waals surface area contributed by atoms with Crippen molar-refractivity contribution in [2.75, 3.05) is 19.0 Å². The summed E-state index contributed by atoms with van der Waals surface area (Å²) >= 11 is 0. The molecule has 1 heterocycles. The predicted molar refractivity (Wildman–Crippen MR) is 86.7 cm³/mol. The molecule has 0 bridgehead atoms. The van der Waals surface area contributed by atoms with E-state index in [9.17, 15) is 25.0 Å². The lowest BCUT2D eigenvalue weighted by Gasteiger charge is -2.06. The first-order chi connectivity index (χ1) is 12.4. The number of hydrogen-bond acceptors (Lipinski definition) is 8. The van der Waals surface area contributed by atoms with Gasteiger partial charge in [0.15, 0.2) is 6.61 Å². The molecule has 26 heavy (non-hydrogen) atoms. The standard InChI is InChI=1S/C16H13N3O7/c1-9-14(16(21)24-2)12(7-17)15(26-9)18-13(20)8-25-11-5-3-10(4-6-11)19(22)23/h3-6H,8H2,1-2H3,(H,18,20). The Hall–Kier alpha value is -3.87. The summed E-state index contributed by atoms with van der Waals surface area (Å²) in [7, 11) is 1.16. The summed E-state index contributed by atoms with van der Waals surface area (Å²) in [6.45, 7) is 1.02.